The summed E-state index contributed by atoms with van der Waals surface area (Å²) in [5.74, 6) is 0.995. The summed E-state index contributed by atoms with van der Waals surface area (Å²) in [6.07, 6.45) is 2.97. The lowest BCUT2D eigenvalue weighted by Crippen LogP contribution is -2.46. The average molecular weight is 352 g/mol. The standard InChI is InChI=1S/C22H28N2O2/c1-18(25)24(21-11-13-23-14-12-21)15-16-26-22-9-7-20(8-10-22)17-19-5-3-2-4-6-19/h2-10,21,23H,11-17H2,1H3. The van der Waals surface area contributed by atoms with Gasteiger partial charge in [-0.3, -0.25) is 4.79 Å². The van der Waals surface area contributed by atoms with Gasteiger partial charge in [-0.05, 0) is 55.6 Å². The molecule has 2 aromatic rings. The minimum Gasteiger partial charge on any atom is -0.492 e. The van der Waals surface area contributed by atoms with Crippen molar-refractivity contribution in [3.63, 3.8) is 0 Å². The maximum atomic E-state index is 12.0. The maximum Gasteiger partial charge on any atom is 0.219 e. The van der Waals surface area contributed by atoms with Gasteiger partial charge in [0, 0.05) is 13.0 Å². The van der Waals surface area contributed by atoms with Crippen molar-refractivity contribution in [3.05, 3.63) is 65.7 Å². The van der Waals surface area contributed by atoms with Crippen LogP contribution in [-0.4, -0.2) is 43.1 Å². The van der Waals surface area contributed by atoms with Gasteiger partial charge in [0.2, 0.25) is 5.91 Å². The Hall–Kier alpha value is -2.33. The second kappa shape index (κ2) is 9.39. The van der Waals surface area contributed by atoms with Crippen LogP contribution in [0.2, 0.25) is 0 Å². The zero-order valence-electron chi connectivity index (χ0n) is 15.5. The summed E-state index contributed by atoms with van der Waals surface area (Å²) in [6, 6.07) is 19.0. The van der Waals surface area contributed by atoms with Gasteiger partial charge in [0.15, 0.2) is 0 Å². The van der Waals surface area contributed by atoms with Crippen LogP contribution in [0.4, 0.5) is 0 Å². The van der Waals surface area contributed by atoms with E-state index < -0.39 is 0 Å². The van der Waals surface area contributed by atoms with Gasteiger partial charge in [0.05, 0.1) is 6.54 Å². The van der Waals surface area contributed by atoms with Gasteiger partial charge in [0.1, 0.15) is 12.4 Å². The number of nitrogens with one attached hydrogen (secondary N) is 1. The van der Waals surface area contributed by atoms with Gasteiger partial charge >= 0.3 is 0 Å². The third kappa shape index (κ3) is 5.33. The number of rotatable bonds is 7. The Kier molecular flexibility index (Phi) is 6.67. The van der Waals surface area contributed by atoms with Crippen LogP contribution >= 0.6 is 0 Å². The molecule has 0 bridgehead atoms. The molecule has 1 fully saturated rings. The van der Waals surface area contributed by atoms with Crippen molar-refractivity contribution >= 4 is 5.91 Å². The Labute approximate surface area is 156 Å². The number of hydrogen-bond acceptors (Lipinski definition) is 3. The predicted molar refractivity (Wildman–Crippen MR) is 104 cm³/mol. The molecule has 1 saturated heterocycles. The summed E-state index contributed by atoms with van der Waals surface area (Å²) in [7, 11) is 0. The molecule has 0 spiro atoms. The van der Waals surface area contributed by atoms with Crippen LogP contribution in [-0.2, 0) is 11.2 Å². The fraction of sp³-hybridized carbons (Fsp3) is 0.409. The van der Waals surface area contributed by atoms with Crippen LogP contribution in [0.25, 0.3) is 0 Å². The number of carbonyl (C=O) groups excluding carboxylic acids is 1. The van der Waals surface area contributed by atoms with Gasteiger partial charge in [-0.25, -0.2) is 0 Å². The molecule has 1 heterocycles. The minimum atomic E-state index is 0.138. The molecule has 4 heteroatoms. The maximum absolute atomic E-state index is 12.0. The minimum absolute atomic E-state index is 0.138. The fourth-order valence-corrected chi connectivity index (χ4v) is 3.51. The van der Waals surface area contributed by atoms with E-state index in [0.717, 1.165) is 38.1 Å². The predicted octanol–water partition coefficient (Wildman–Crippen LogP) is 3.26. The Morgan fingerprint density at radius 3 is 2.35 bits per heavy atom. The highest BCUT2D eigenvalue weighted by atomic mass is 16.5. The molecule has 0 saturated carbocycles. The number of carbonyl (C=O) groups is 1. The van der Waals surface area contributed by atoms with Crippen LogP contribution in [0.5, 0.6) is 5.75 Å². The van der Waals surface area contributed by atoms with Crippen molar-refractivity contribution in [2.45, 2.75) is 32.2 Å². The molecule has 0 aromatic heterocycles. The van der Waals surface area contributed by atoms with E-state index in [-0.39, 0.29) is 5.91 Å². The lowest BCUT2D eigenvalue weighted by molar-refractivity contribution is -0.132. The van der Waals surface area contributed by atoms with Crippen molar-refractivity contribution in [3.8, 4) is 5.75 Å². The zero-order valence-corrected chi connectivity index (χ0v) is 15.5. The molecule has 1 aliphatic heterocycles. The second-order valence-electron chi connectivity index (χ2n) is 6.85. The van der Waals surface area contributed by atoms with Gasteiger partial charge < -0.3 is 15.0 Å². The zero-order chi connectivity index (χ0) is 18.2. The van der Waals surface area contributed by atoms with E-state index in [1.165, 1.54) is 11.1 Å². The van der Waals surface area contributed by atoms with E-state index in [2.05, 4.69) is 41.7 Å². The van der Waals surface area contributed by atoms with E-state index in [0.29, 0.717) is 19.2 Å². The van der Waals surface area contributed by atoms with E-state index in [9.17, 15) is 4.79 Å². The van der Waals surface area contributed by atoms with Crippen molar-refractivity contribution in [2.24, 2.45) is 0 Å². The smallest absolute Gasteiger partial charge is 0.219 e. The number of piperidine rings is 1. The first kappa shape index (κ1) is 18.5. The van der Waals surface area contributed by atoms with Crippen molar-refractivity contribution in [1.82, 2.24) is 10.2 Å². The van der Waals surface area contributed by atoms with Gasteiger partial charge in [0.25, 0.3) is 0 Å². The summed E-state index contributed by atoms with van der Waals surface area (Å²) >= 11 is 0. The van der Waals surface area contributed by atoms with Crippen LogP contribution in [0, 0.1) is 0 Å². The first-order valence-corrected chi connectivity index (χ1v) is 9.46. The monoisotopic (exact) mass is 352 g/mol. The molecule has 0 radical (unpaired) electrons. The summed E-state index contributed by atoms with van der Waals surface area (Å²) in [6.45, 7) is 4.80. The number of hydrogen-bond donors (Lipinski definition) is 1. The molecule has 0 aliphatic carbocycles. The molecule has 2 aromatic carbocycles. The summed E-state index contributed by atoms with van der Waals surface area (Å²) in [5, 5.41) is 3.34. The van der Waals surface area contributed by atoms with Crippen molar-refractivity contribution in [2.75, 3.05) is 26.2 Å². The molecular weight excluding hydrogens is 324 g/mol. The number of amides is 1. The topological polar surface area (TPSA) is 41.6 Å². The van der Waals surface area contributed by atoms with Crippen molar-refractivity contribution in [1.29, 1.82) is 0 Å². The van der Waals surface area contributed by atoms with E-state index in [1.54, 1.807) is 6.92 Å². The molecule has 1 N–H and O–H groups in total. The van der Waals surface area contributed by atoms with Crippen LogP contribution < -0.4 is 10.1 Å². The SMILES string of the molecule is CC(=O)N(CCOc1ccc(Cc2ccccc2)cc1)C1CCNCC1. The lowest BCUT2D eigenvalue weighted by atomic mass is 10.0. The molecule has 1 amide bonds. The third-order valence-corrected chi connectivity index (χ3v) is 4.93. The quantitative estimate of drug-likeness (QED) is 0.832. The lowest BCUT2D eigenvalue weighted by Gasteiger charge is -2.34. The largest absolute Gasteiger partial charge is 0.492 e. The highest BCUT2D eigenvalue weighted by molar-refractivity contribution is 5.73. The summed E-state index contributed by atoms with van der Waals surface area (Å²) in [4.78, 5) is 13.9. The van der Waals surface area contributed by atoms with Crippen LogP contribution in [0.3, 0.4) is 0 Å². The fourth-order valence-electron chi connectivity index (χ4n) is 3.51. The van der Waals surface area contributed by atoms with Crippen molar-refractivity contribution < 1.29 is 9.53 Å². The summed E-state index contributed by atoms with van der Waals surface area (Å²) < 4.78 is 5.87. The third-order valence-electron chi connectivity index (χ3n) is 4.93. The molecule has 0 unspecified atom stereocenters. The first-order chi connectivity index (χ1) is 12.7. The number of benzene rings is 2. The summed E-state index contributed by atoms with van der Waals surface area (Å²) in [5.41, 5.74) is 2.57. The molecule has 26 heavy (non-hydrogen) atoms. The molecular formula is C22H28N2O2. The molecule has 3 rings (SSSR count). The van der Waals surface area contributed by atoms with Crippen LogP contribution in [0.15, 0.2) is 54.6 Å². The van der Waals surface area contributed by atoms with Gasteiger partial charge in [-0.2, -0.15) is 0 Å². The van der Waals surface area contributed by atoms with E-state index in [1.807, 2.05) is 23.1 Å². The van der Waals surface area contributed by atoms with Gasteiger partial charge in [-0.1, -0.05) is 42.5 Å². The molecule has 4 nitrogen and oxygen atoms in total. The number of nitrogens with zero attached hydrogens (tertiary/aromatic N) is 1. The highest BCUT2D eigenvalue weighted by Gasteiger charge is 2.22. The normalized spacial score (nSPS) is 14.8. The molecule has 0 atom stereocenters. The number of ether oxygens (including phenoxy) is 1. The second-order valence-corrected chi connectivity index (χ2v) is 6.85. The van der Waals surface area contributed by atoms with E-state index >= 15 is 0 Å². The molecule has 138 valence electrons. The first-order valence-electron chi connectivity index (χ1n) is 9.46. The Bertz CT molecular complexity index is 679. The van der Waals surface area contributed by atoms with Gasteiger partial charge in [-0.15, -0.1) is 0 Å². The highest BCUT2D eigenvalue weighted by Crippen LogP contribution is 2.16. The Balaban J connectivity index is 1.48. The van der Waals surface area contributed by atoms with Crippen LogP contribution in [0.1, 0.15) is 30.9 Å². The average Bonchev–Trinajstić information content (AvgIpc) is 2.68. The van der Waals surface area contributed by atoms with E-state index in [4.69, 9.17) is 4.74 Å². The Morgan fingerprint density at radius 2 is 1.69 bits per heavy atom. The molecule has 1 aliphatic rings. The Morgan fingerprint density at radius 1 is 1.04 bits per heavy atom.